The molecule has 5 heteroatoms. The normalized spacial score (nSPS) is 10.6. The molecule has 0 saturated carbocycles. The minimum absolute atomic E-state index is 0.347. The highest BCUT2D eigenvalue weighted by molar-refractivity contribution is 6.32. The molecule has 23 heavy (non-hydrogen) atoms. The number of hydrogen-bond donors (Lipinski definition) is 0. The van der Waals surface area contributed by atoms with Gasteiger partial charge in [-0.3, -0.25) is 4.79 Å². The highest BCUT2D eigenvalue weighted by atomic mass is 35.5. The van der Waals surface area contributed by atoms with Crippen molar-refractivity contribution in [2.45, 2.75) is 6.92 Å². The standard InChI is InChI=1S/C18H17ClO4/c1-12(20)23-18-7-6-13(10-17(18)19)4-5-14-8-15(21-2)11-16(9-14)22-3/h4-11H,1-3H3. The molecule has 0 unspecified atom stereocenters. The molecular formula is C18H17ClO4. The van der Waals surface area contributed by atoms with E-state index >= 15 is 0 Å². The molecule has 2 aromatic rings. The topological polar surface area (TPSA) is 44.8 Å². The van der Waals surface area contributed by atoms with Crippen molar-refractivity contribution in [3.63, 3.8) is 0 Å². The van der Waals surface area contributed by atoms with E-state index in [0.717, 1.165) is 11.1 Å². The van der Waals surface area contributed by atoms with Crippen molar-refractivity contribution >= 4 is 29.7 Å². The Balaban J connectivity index is 2.23. The van der Waals surface area contributed by atoms with Crippen molar-refractivity contribution in [1.82, 2.24) is 0 Å². The summed E-state index contributed by atoms with van der Waals surface area (Å²) in [6.07, 6.45) is 3.82. The van der Waals surface area contributed by atoms with Crippen LogP contribution in [0.15, 0.2) is 36.4 Å². The maximum Gasteiger partial charge on any atom is 0.308 e. The molecule has 0 aliphatic rings. The molecule has 0 bridgehead atoms. The van der Waals surface area contributed by atoms with Gasteiger partial charge in [0.15, 0.2) is 0 Å². The summed E-state index contributed by atoms with van der Waals surface area (Å²) in [6, 6.07) is 10.8. The van der Waals surface area contributed by atoms with E-state index in [1.165, 1.54) is 6.92 Å². The van der Waals surface area contributed by atoms with Gasteiger partial charge < -0.3 is 14.2 Å². The fraction of sp³-hybridized carbons (Fsp3) is 0.167. The van der Waals surface area contributed by atoms with Crippen molar-refractivity contribution in [3.8, 4) is 17.2 Å². The van der Waals surface area contributed by atoms with E-state index in [-0.39, 0.29) is 0 Å². The van der Waals surface area contributed by atoms with Gasteiger partial charge in [-0.05, 0) is 35.4 Å². The van der Waals surface area contributed by atoms with Gasteiger partial charge in [0, 0.05) is 13.0 Å². The number of esters is 1. The van der Waals surface area contributed by atoms with Gasteiger partial charge >= 0.3 is 5.97 Å². The molecule has 0 fully saturated rings. The van der Waals surface area contributed by atoms with Gasteiger partial charge in [0.05, 0.1) is 19.2 Å². The summed E-state index contributed by atoms with van der Waals surface area (Å²) < 4.78 is 15.5. The molecule has 2 rings (SSSR count). The van der Waals surface area contributed by atoms with Crippen LogP contribution in [0.2, 0.25) is 5.02 Å². The van der Waals surface area contributed by atoms with Crippen LogP contribution >= 0.6 is 11.6 Å². The lowest BCUT2D eigenvalue weighted by Crippen LogP contribution is -2.01. The van der Waals surface area contributed by atoms with Crippen molar-refractivity contribution in [2.75, 3.05) is 14.2 Å². The van der Waals surface area contributed by atoms with Crippen LogP contribution in [0.4, 0.5) is 0 Å². The number of carbonyl (C=O) groups excluding carboxylic acids is 1. The molecule has 120 valence electrons. The van der Waals surface area contributed by atoms with E-state index in [0.29, 0.717) is 22.3 Å². The van der Waals surface area contributed by atoms with E-state index in [2.05, 4.69) is 0 Å². The predicted molar refractivity (Wildman–Crippen MR) is 91.2 cm³/mol. The van der Waals surface area contributed by atoms with Crippen molar-refractivity contribution < 1.29 is 19.0 Å². The van der Waals surface area contributed by atoms with Gasteiger partial charge in [-0.15, -0.1) is 0 Å². The fourth-order valence-corrected chi connectivity index (χ4v) is 2.20. The van der Waals surface area contributed by atoms with E-state index in [9.17, 15) is 4.79 Å². The second-order valence-electron chi connectivity index (χ2n) is 4.76. The van der Waals surface area contributed by atoms with Crippen LogP contribution in [-0.4, -0.2) is 20.2 Å². The second kappa shape index (κ2) is 7.70. The monoisotopic (exact) mass is 332 g/mol. The summed E-state index contributed by atoms with van der Waals surface area (Å²) in [6.45, 7) is 1.33. The van der Waals surface area contributed by atoms with Crippen molar-refractivity contribution in [3.05, 3.63) is 52.5 Å². The predicted octanol–water partition coefficient (Wildman–Crippen LogP) is 4.45. The highest BCUT2D eigenvalue weighted by Crippen LogP contribution is 2.27. The Morgan fingerprint density at radius 3 is 2.09 bits per heavy atom. The number of rotatable bonds is 5. The minimum Gasteiger partial charge on any atom is -0.497 e. The summed E-state index contributed by atoms with van der Waals surface area (Å²) in [7, 11) is 3.21. The van der Waals surface area contributed by atoms with Crippen LogP contribution in [0.25, 0.3) is 12.2 Å². The summed E-state index contributed by atoms with van der Waals surface area (Å²) >= 11 is 6.10. The average Bonchev–Trinajstić information content (AvgIpc) is 2.54. The van der Waals surface area contributed by atoms with E-state index in [1.807, 2.05) is 36.4 Å². The van der Waals surface area contributed by atoms with Gasteiger partial charge in [-0.2, -0.15) is 0 Å². The van der Waals surface area contributed by atoms with Gasteiger partial charge in [0.1, 0.15) is 17.2 Å². The molecular weight excluding hydrogens is 316 g/mol. The Morgan fingerprint density at radius 1 is 0.957 bits per heavy atom. The Bertz CT molecular complexity index is 716. The molecule has 0 aliphatic carbocycles. The maximum atomic E-state index is 11.0. The number of ether oxygens (including phenoxy) is 3. The number of methoxy groups -OCH3 is 2. The Morgan fingerprint density at radius 2 is 1.57 bits per heavy atom. The van der Waals surface area contributed by atoms with Gasteiger partial charge in [0.2, 0.25) is 0 Å². The Hall–Kier alpha value is -2.46. The van der Waals surface area contributed by atoms with E-state index < -0.39 is 5.97 Å². The number of halogens is 1. The zero-order valence-corrected chi connectivity index (χ0v) is 13.9. The first-order chi connectivity index (χ1) is 11.0. The van der Waals surface area contributed by atoms with Crippen LogP contribution in [0.5, 0.6) is 17.2 Å². The van der Waals surface area contributed by atoms with Crippen LogP contribution in [0.1, 0.15) is 18.1 Å². The fourth-order valence-electron chi connectivity index (χ4n) is 1.98. The van der Waals surface area contributed by atoms with E-state index in [1.54, 1.807) is 26.4 Å². The molecule has 0 aromatic heterocycles. The Kier molecular flexibility index (Phi) is 5.66. The third kappa shape index (κ3) is 4.76. The first-order valence-electron chi connectivity index (χ1n) is 6.91. The smallest absolute Gasteiger partial charge is 0.308 e. The van der Waals surface area contributed by atoms with E-state index in [4.69, 9.17) is 25.8 Å². The molecule has 0 radical (unpaired) electrons. The lowest BCUT2D eigenvalue weighted by molar-refractivity contribution is -0.131. The highest BCUT2D eigenvalue weighted by Gasteiger charge is 2.04. The number of hydrogen-bond acceptors (Lipinski definition) is 4. The van der Waals surface area contributed by atoms with Crippen LogP contribution in [-0.2, 0) is 4.79 Å². The molecule has 0 N–H and O–H groups in total. The van der Waals surface area contributed by atoms with Gasteiger partial charge in [0.25, 0.3) is 0 Å². The summed E-state index contributed by atoms with van der Waals surface area (Å²) in [5.74, 6) is 1.37. The first kappa shape index (κ1) is 16.9. The maximum absolute atomic E-state index is 11.0. The van der Waals surface area contributed by atoms with Gasteiger partial charge in [-0.1, -0.05) is 29.8 Å². The Labute approximate surface area is 140 Å². The number of benzene rings is 2. The average molecular weight is 333 g/mol. The lowest BCUT2D eigenvalue weighted by atomic mass is 10.1. The third-order valence-electron chi connectivity index (χ3n) is 3.05. The summed E-state index contributed by atoms with van der Waals surface area (Å²) in [5.41, 5.74) is 1.81. The molecule has 0 saturated heterocycles. The number of carbonyl (C=O) groups is 1. The first-order valence-corrected chi connectivity index (χ1v) is 7.28. The molecule has 0 spiro atoms. The summed E-state index contributed by atoms with van der Waals surface area (Å²) in [4.78, 5) is 11.0. The van der Waals surface area contributed by atoms with Crippen LogP contribution in [0, 0.1) is 0 Å². The van der Waals surface area contributed by atoms with Crippen LogP contribution in [0.3, 0.4) is 0 Å². The molecule has 0 amide bonds. The molecule has 2 aromatic carbocycles. The van der Waals surface area contributed by atoms with Crippen LogP contribution < -0.4 is 14.2 Å². The van der Waals surface area contributed by atoms with Gasteiger partial charge in [-0.25, -0.2) is 0 Å². The molecule has 4 nitrogen and oxygen atoms in total. The summed E-state index contributed by atoms with van der Waals surface area (Å²) in [5, 5.41) is 0.380. The minimum atomic E-state index is -0.404. The second-order valence-corrected chi connectivity index (χ2v) is 5.17. The van der Waals surface area contributed by atoms with Crippen molar-refractivity contribution in [2.24, 2.45) is 0 Å². The lowest BCUT2D eigenvalue weighted by Gasteiger charge is -2.06. The molecule has 0 aliphatic heterocycles. The molecule has 0 atom stereocenters. The largest absolute Gasteiger partial charge is 0.497 e. The molecule has 0 heterocycles. The SMILES string of the molecule is COc1cc(C=Cc2ccc(OC(C)=O)c(Cl)c2)cc(OC)c1. The third-order valence-corrected chi connectivity index (χ3v) is 3.35. The zero-order valence-electron chi connectivity index (χ0n) is 13.1. The zero-order chi connectivity index (χ0) is 16.8. The quantitative estimate of drug-likeness (QED) is 0.461. The van der Waals surface area contributed by atoms with Crippen molar-refractivity contribution in [1.29, 1.82) is 0 Å².